The second-order valence-corrected chi connectivity index (χ2v) is 5.32. The van der Waals surface area contributed by atoms with Gasteiger partial charge in [-0.3, -0.25) is 4.79 Å². The van der Waals surface area contributed by atoms with E-state index in [1.165, 1.54) is 0 Å². The molecule has 2 N–H and O–H groups in total. The Morgan fingerprint density at radius 3 is 2.80 bits per heavy atom. The summed E-state index contributed by atoms with van der Waals surface area (Å²) in [6.45, 7) is 0.613. The number of carbonyl (C=O) groups excluding carboxylic acids is 1. The Morgan fingerprint density at radius 1 is 1.45 bits per heavy atom. The van der Waals surface area contributed by atoms with Gasteiger partial charge in [-0.1, -0.05) is 12.1 Å². The van der Waals surface area contributed by atoms with Gasteiger partial charge in [0.2, 0.25) is 5.91 Å². The molecule has 0 aliphatic heterocycles. The summed E-state index contributed by atoms with van der Waals surface area (Å²) in [7, 11) is 3.50. The first kappa shape index (κ1) is 16.8. The second kappa shape index (κ2) is 7.50. The Kier molecular flexibility index (Phi) is 6.30. The summed E-state index contributed by atoms with van der Waals surface area (Å²) in [5.74, 6) is 1.13. The smallest absolute Gasteiger partial charge is 0.225 e. The zero-order valence-corrected chi connectivity index (χ0v) is 12.9. The summed E-state index contributed by atoms with van der Waals surface area (Å²) in [6, 6.07) is 8.01. The predicted molar refractivity (Wildman–Crippen MR) is 82.0 cm³/mol. The van der Waals surface area contributed by atoms with Crippen molar-refractivity contribution in [2.45, 2.75) is 31.8 Å². The van der Waals surface area contributed by atoms with Crippen LogP contribution >= 0.6 is 12.4 Å². The van der Waals surface area contributed by atoms with E-state index >= 15 is 0 Å². The van der Waals surface area contributed by atoms with Gasteiger partial charge in [0.1, 0.15) is 5.75 Å². The minimum atomic E-state index is 0. The van der Waals surface area contributed by atoms with E-state index in [9.17, 15) is 4.79 Å². The number of halogens is 1. The molecule has 1 aliphatic rings. The molecule has 1 fully saturated rings. The third kappa shape index (κ3) is 4.12. The van der Waals surface area contributed by atoms with Gasteiger partial charge in [0.05, 0.1) is 7.11 Å². The average molecular weight is 299 g/mol. The molecule has 1 aromatic rings. The maximum atomic E-state index is 12.3. The SMILES string of the molecule is COc1cccc(CN(C)C(=O)C2CCC(N)C2)c1.Cl. The van der Waals surface area contributed by atoms with E-state index in [2.05, 4.69) is 0 Å². The molecule has 1 amide bonds. The lowest BCUT2D eigenvalue weighted by atomic mass is 10.1. The summed E-state index contributed by atoms with van der Waals surface area (Å²) in [6.07, 6.45) is 2.70. The fourth-order valence-electron chi connectivity index (χ4n) is 2.67. The van der Waals surface area contributed by atoms with Crippen molar-refractivity contribution < 1.29 is 9.53 Å². The van der Waals surface area contributed by atoms with Crippen molar-refractivity contribution in [3.8, 4) is 5.75 Å². The highest BCUT2D eigenvalue weighted by atomic mass is 35.5. The topological polar surface area (TPSA) is 55.6 Å². The first-order valence-corrected chi connectivity index (χ1v) is 6.73. The minimum Gasteiger partial charge on any atom is -0.497 e. The Bertz CT molecular complexity index is 453. The van der Waals surface area contributed by atoms with E-state index in [1.807, 2.05) is 31.3 Å². The molecule has 2 rings (SSSR count). The largest absolute Gasteiger partial charge is 0.497 e. The van der Waals surface area contributed by atoms with Gasteiger partial charge in [-0.2, -0.15) is 0 Å². The van der Waals surface area contributed by atoms with Crippen LogP contribution in [-0.2, 0) is 11.3 Å². The number of rotatable bonds is 4. The van der Waals surface area contributed by atoms with Gasteiger partial charge in [0, 0.05) is 25.6 Å². The quantitative estimate of drug-likeness (QED) is 0.927. The van der Waals surface area contributed by atoms with Crippen LogP contribution in [0.1, 0.15) is 24.8 Å². The van der Waals surface area contributed by atoms with Crippen molar-refractivity contribution in [1.29, 1.82) is 0 Å². The summed E-state index contributed by atoms with van der Waals surface area (Å²) in [4.78, 5) is 14.1. The van der Waals surface area contributed by atoms with Gasteiger partial charge in [-0.05, 0) is 37.0 Å². The van der Waals surface area contributed by atoms with Crippen LogP contribution in [0, 0.1) is 5.92 Å². The van der Waals surface area contributed by atoms with Crippen molar-refractivity contribution in [3.63, 3.8) is 0 Å². The Balaban J connectivity index is 0.00000200. The highest BCUT2D eigenvalue weighted by molar-refractivity contribution is 5.85. The Labute approximate surface area is 126 Å². The molecular formula is C15H23ClN2O2. The van der Waals surface area contributed by atoms with Crippen LogP contribution in [0.25, 0.3) is 0 Å². The van der Waals surface area contributed by atoms with Crippen LogP contribution in [-0.4, -0.2) is 31.0 Å². The van der Waals surface area contributed by atoms with Gasteiger partial charge in [0.25, 0.3) is 0 Å². The van der Waals surface area contributed by atoms with Crippen molar-refractivity contribution in [1.82, 2.24) is 4.90 Å². The summed E-state index contributed by atoms with van der Waals surface area (Å²) in [5, 5.41) is 0. The van der Waals surface area contributed by atoms with E-state index in [4.69, 9.17) is 10.5 Å². The molecule has 20 heavy (non-hydrogen) atoms. The molecule has 112 valence electrons. The monoisotopic (exact) mass is 298 g/mol. The first-order chi connectivity index (χ1) is 9.10. The third-order valence-corrected chi connectivity index (χ3v) is 3.75. The van der Waals surface area contributed by atoms with Crippen molar-refractivity contribution >= 4 is 18.3 Å². The summed E-state index contributed by atoms with van der Waals surface area (Å²) in [5.41, 5.74) is 6.95. The lowest BCUT2D eigenvalue weighted by molar-refractivity contribution is -0.134. The number of benzene rings is 1. The van der Waals surface area contributed by atoms with Crippen LogP contribution in [0.4, 0.5) is 0 Å². The normalized spacial score (nSPS) is 21.1. The molecule has 2 atom stereocenters. The van der Waals surface area contributed by atoms with Crippen LogP contribution in [0.2, 0.25) is 0 Å². The number of ether oxygens (including phenoxy) is 1. The van der Waals surface area contributed by atoms with Gasteiger partial charge in [-0.15, -0.1) is 12.4 Å². The third-order valence-electron chi connectivity index (χ3n) is 3.75. The van der Waals surface area contributed by atoms with Crippen molar-refractivity contribution in [2.75, 3.05) is 14.2 Å². The van der Waals surface area contributed by atoms with Crippen LogP contribution in [0.15, 0.2) is 24.3 Å². The van der Waals surface area contributed by atoms with Gasteiger partial charge >= 0.3 is 0 Å². The summed E-state index contributed by atoms with van der Waals surface area (Å²) < 4.78 is 5.19. The molecule has 0 saturated heterocycles. The number of hydrogen-bond acceptors (Lipinski definition) is 3. The zero-order valence-electron chi connectivity index (χ0n) is 12.0. The van der Waals surface area contributed by atoms with Gasteiger partial charge < -0.3 is 15.4 Å². The lowest BCUT2D eigenvalue weighted by Gasteiger charge is -2.21. The lowest BCUT2D eigenvalue weighted by Crippen LogP contribution is -2.32. The maximum absolute atomic E-state index is 12.3. The van der Waals surface area contributed by atoms with E-state index in [0.717, 1.165) is 30.6 Å². The second-order valence-electron chi connectivity index (χ2n) is 5.32. The van der Waals surface area contributed by atoms with Crippen molar-refractivity contribution in [3.05, 3.63) is 29.8 Å². The number of carbonyl (C=O) groups is 1. The molecule has 2 unspecified atom stereocenters. The molecule has 0 spiro atoms. The van der Waals surface area contributed by atoms with Crippen LogP contribution < -0.4 is 10.5 Å². The number of hydrogen-bond donors (Lipinski definition) is 1. The van der Waals surface area contributed by atoms with E-state index in [0.29, 0.717) is 6.54 Å². The average Bonchev–Trinajstić information content (AvgIpc) is 2.84. The molecule has 1 saturated carbocycles. The highest BCUT2D eigenvalue weighted by Gasteiger charge is 2.29. The Morgan fingerprint density at radius 2 is 2.20 bits per heavy atom. The van der Waals surface area contributed by atoms with Crippen molar-refractivity contribution in [2.24, 2.45) is 11.7 Å². The molecule has 0 radical (unpaired) electrons. The maximum Gasteiger partial charge on any atom is 0.225 e. The summed E-state index contributed by atoms with van der Waals surface area (Å²) >= 11 is 0. The van der Waals surface area contributed by atoms with E-state index < -0.39 is 0 Å². The standard InChI is InChI=1S/C15H22N2O2.ClH/c1-17(15(18)12-6-7-13(16)9-12)10-11-4-3-5-14(8-11)19-2;/h3-5,8,12-13H,6-7,9-10,16H2,1-2H3;1H. The number of nitrogens with zero attached hydrogens (tertiary/aromatic N) is 1. The number of nitrogens with two attached hydrogens (primary N) is 1. The van der Waals surface area contributed by atoms with Gasteiger partial charge in [-0.25, -0.2) is 0 Å². The first-order valence-electron chi connectivity index (χ1n) is 6.73. The molecule has 5 heteroatoms. The molecule has 0 bridgehead atoms. The molecule has 0 heterocycles. The van der Waals surface area contributed by atoms with Crippen LogP contribution in [0.3, 0.4) is 0 Å². The highest BCUT2D eigenvalue weighted by Crippen LogP contribution is 2.26. The molecule has 4 nitrogen and oxygen atoms in total. The Hall–Kier alpha value is -1.26. The fourth-order valence-corrected chi connectivity index (χ4v) is 2.67. The zero-order chi connectivity index (χ0) is 13.8. The molecular weight excluding hydrogens is 276 g/mol. The number of amides is 1. The van der Waals surface area contributed by atoms with E-state index in [1.54, 1.807) is 12.0 Å². The predicted octanol–water partition coefficient (Wildman–Crippen LogP) is 2.20. The van der Waals surface area contributed by atoms with Gasteiger partial charge in [0.15, 0.2) is 0 Å². The van der Waals surface area contributed by atoms with E-state index in [-0.39, 0.29) is 30.3 Å². The molecule has 1 aromatic carbocycles. The molecule has 0 aromatic heterocycles. The fraction of sp³-hybridized carbons (Fsp3) is 0.533. The molecule has 1 aliphatic carbocycles. The van der Waals surface area contributed by atoms with Crippen LogP contribution in [0.5, 0.6) is 5.75 Å². The number of methoxy groups -OCH3 is 1. The minimum absolute atomic E-state index is 0.